The van der Waals surface area contributed by atoms with Gasteiger partial charge in [-0.1, -0.05) is 6.92 Å². The maximum absolute atomic E-state index is 12.3. The van der Waals surface area contributed by atoms with Crippen molar-refractivity contribution in [3.63, 3.8) is 0 Å². The lowest BCUT2D eigenvalue weighted by atomic mass is 9.93. The summed E-state index contributed by atoms with van der Waals surface area (Å²) in [5.74, 6) is 1.36. The van der Waals surface area contributed by atoms with Crippen molar-refractivity contribution in [3.05, 3.63) is 18.2 Å². The third-order valence-electron chi connectivity index (χ3n) is 4.13. The van der Waals surface area contributed by atoms with Gasteiger partial charge in [-0.2, -0.15) is 0 Å². The van der Waals surface area contributed by atoms with E-state index in [0.717, 1.165) is 26.1 Å². The van der Waals surface area contributed by atoms with Crippen molar-refractivity contribution in [1.29, 1.82) is 0 Å². The number of H-pyrrole nitrogens is 1. The van der Waals surface area contributed by atoms with E-state index in [1.54, 1.807) is 12.5 Å². The number of aromatic nitrogens is 2. The third-order valence-corrected chi connectivity index (χ3v) is 4.13. The number of hydrogen-bond acceptors (Lipinski definition) is 3. The zero-order valence-corrected chi connectivity index (χ0v) is 10.0. The summed E-state index contributed by atoms with van der Waals surface area (Å²) in [6.07, 6.45) is 4.21. The number of aromatic amines is 1. The number of nitrogens with one attached hydrogen (secondary N) is 2. The molecule has 0 spiro atoms. The summed E-state index contributed by atoms with van der Waals surface area (Å²) in [7, 11) is 0. The second-order valence-corrected chi connectivity index (χ2v) is 4.98. The van der Waals surface area contributed by atoms with Crippen LogP contribution in [0.3, 0.4) is 0 Å². The average molecular weight is 234 g/mol. The van der Waals surface area contributed by atoms with E-state index in [9.17, 15) is 4.79 Å². The summed E-state index contributed by atoms with van der Waals surface area (Å²) in [4.78, 5) is 21.2. The molecule has 1 aromatic rings. The number of fused-ring (bicyclic) bond motifs is 1. The van der Waals surface area contributed by atoms with Gasteiger partial charge in [-0.05, 0) is 18.3 Å². The molecule has 5 heteroatoms. The van der Waals surface area contributed by atoms with Gasteiger partial charge in [0.1, 0.15) is 5.69 Å². The number of amides is 1. The van der Waals surface area contributed by atoms with Crippen molar-refractivity contribution in [3.8, 4) is 0 Å². The molecule has 5 nitrogen and oxygen atoms in total. The molecule has 2 fully saturated rings. The van der Waals surface area contributed by atoms with E-state index in [4.69, 9.17) is 0 Å². The van der Waals surface area contributed by atoms with Crippen LogP contribution in [-0.2, 0) is 0 Å². The van der Waals surface area contributed by atoms with Crippen LogP contribution < -0.4 is 5.32 Å². The van der Waals surface area contributed by atoms with Crippen LogP contribution in [0.15, 0.2) is 12.5 Å². The van der Waals surface area contributed by atoms with E-state index < -0.39 is 0 Å². The van der Waals surface area contributed by atoms with Crippen molar-refractivity contribution < 1.29 is 4.79 Å². The van der Waals surface area contributed by atoms with Gasteiger partial charge < -0.3 is 15.2 Å². The van der Waals surface area contributed by atoms with Gasteiger partial charge >= 0.3 is 0 Å². The molecule has 2 saturated heterocycles. The molecular weight excluding hydrogens is 216 g/mol. The number of nitrogens with zero attached hydrogens (tertiary/aromatic N) is 2. The molecule has 0 bridgehead atoms. The maximum atomic E-state index is 12.3. The highest BCUT2D eigenvalue weighted by Gasteiger charge is 2.45. The summed E-state index contributed by atoms with van der Waals surface area (Å²) in [5.41, 5.74) is 0.608. The zero-order chi connectivity index (χ0) is 11.8. The molecule has 3 heterocycles. The summed E-state index contributed by atoms with van der Waals surface area (Å²) in [5, 5.41) is 3.42. The van der Waals surface area contributed by atoms with Crippen molar-refractivity contribution in [2.75, 3.05) is 19.6 Å². The first-order valence-corrected chi connectivity index (χ1v) is 6.31. The van der Waals surface area contributed by atoms with Gasteiger partial charge in [0.25, 0.3) is 5.91 Å². The number of imidazole rings is 1. The fraction of sp³-hybridized carbons (Fsp3) is 0.667. The Morgan fingerprint density at radius 2 is 2.47 bits per heavy atom. The number of hydrogen-bond donors (Lipinski definition) is 2. The van der Waals surface area contributed by atoms with E-state index in [1.165, 1.54) is 0 Å². The van der Waals surface area contributed by atoms with E-state index in [-0.39, 0.29) is 5.91 Å². The van der Waals surface area contributed by atoms with Crippen LogP contribution in [0.2, 0.25) is 0 Å². The first-order chi connectivity index (χ1) is 8.31. The van der Waals surface area contributed by atoms with Gasteiger partial charge in [0, 0.05) is 25.7 Å². The Hall–Kier alpha value is -1.36. The highest BCUT2D eigenvalue weighted by Crippen LogP contribution is 2.34. The van der Waals surface area contributed by atoms with Crippen LogP contribution in [0.1, 0.15) is 23.8 Å². The van der Waals surface area contributed by atoms with Gasteiger partial charge in [0.2, 0.25) is 0 Å². The second-order valence-electron chi connectivity index (χ2n) is 4.98. The molecule has 0 aliphatic carbocycles. The summed E-state index contributed by atoms with van der Waals surface area (Å²) in [6.45, 7) is 5.15. The van der Waals surface area contributed by atoms with Crippen molar-refractivity contribution >= 4 is 5.91 Å². The summed E-state index contributed by atoms with van der Waals surface area (Å²) < 4.78 is 0. The lowest BCUT2D eigenvalue weighted by Crippen LogP contribution is -2.39. The quantitative estimate of drug-likeness (QED) is 0.782. The van der Waals surface area contributed by atoms with Crippen molar-refractivity contribution in [2.45, 2.75) is 19.4 Å². The molecular formula is C12H18N4O. The molecule has 3 atom stereocenters. The molecule has 17 heavy (non-hydrogen) atoms. The standard InChI is InChI=1S/C12H18N4O/c1-2-11-9-4-13-3-8(9)6-16(11)12(17)10-5-14-7-15-10/h5,7-9,11,13H,2-4,6H2,1H3,(H,14,15). The van der Waals surface area contributed by atoms with Crippen LogP contribution in [0, 0.1) is 11.8 Å². The van der Waals surface area contributed by atoms with Crippen LogP contribution >= 0.6 is 0 Å². The fourth-order valence-corrected chi connectivity index (χ4v) is 3.31. The highest BCUT2D eigenvalue weighted by atomic mass is 16.2. The Labute approximate surface area is 101 Å². The van der Waals surface area contributed by atoms with Crippen LogP contribution in [0.5, 0.6) is 0 Å². The summed E-state index contributed by atoms with van der Waals surface area (Å²) in [6, 6.07) is 0.380. The van der Waals surface area contributed by atoms with E-state index >= 15 is 0 Å². The number of carbonyl (C=O) groups is 1. The van der Waals surface area contributed by atoms with Gasteiger partial charge in [-0.3, -0.25) is 4.79 Å². The minimum absolute atomic E-state index is 0.101. The minimum Gasteiger partial charge on any atom is -0.341 e. The average Bonchev–Trinajstić information content (AvgIpc) is 3.03. The monoisotopic (exact) mass is 234 g/mol. The van der Waals surface area contributed by atoms with E-state index in [1.807, 2.05) is 4.90 Å². The van der Waals surface area contributed by atoms with Gasteiger partial charge in [0.15, 0.2) is 0 Å². The predicted molar refractivity (Wildman–Crippen MR) is 63.6 cm³/mol. The van der Waals surface area contributed by atoms with Gasteiger partial charge in [0.05, 0.1) is 12.5 Å². The van der Waals surface area contributed by atoms with Gasteiger partial charge in [-0.15, -0.1) is 0 Å². The topological polar surface area (TPSA) is 61.0 Å². The Balaban J connectivity index is 1.81. The molecule has 2 aliphatic rings. The van der Waals surface area contributed by atoms with Crippen LogP contribution in [0.25, 0.3) is 0 Å². The molecule has 1 amide bonds. The molecule has 92 valence electrons. The second kappa shape index (κ2) is 4.14. The lowest BCUT2D eigenvalue weighted by molar-refractivity contribution is 0.0706. The highest BCUT2D eigenvalue weighted by molar-refractivity contribution is 5.92. The van der Waals surface area contributed by atoms with Gasteiger partial charge in [-0.25, -0.2) is 4.98 Å². The summed E-state index contributed by atoms with van der Waals surface area (Å²) >= 11 is 0. The molecule has 2 N–H and O–H groups in total. The van der Waals surface area contributed by atoms with Crippen molar-refractivity contribution in [1.82, 2.24) is 20.2 Å². The normalized spacial score (nSPS) is 31.8. The Kier molecular flexibility index (Phi) is 2.63. The largest absolute Gasteiger partial charge is 0.341 e. The minimum atomic E-state index is 0.101. The predicted octanol–water partition coefficient (Wildman–Crippen LogP) is 0.480. The first-order valence-electron chi connectivity index (χ1n) is 6.31. The van der Waals surface area contributed by atoms with E-state index in [0.29, 0.717) is 23.6 Å². The number of rotatable bonds is 2. The first kappa shape index (κ1) is 10.8. The molecule has 3 unspecified atom stereocenters. The van der Waals surface area contributed by atoms with Crippen molar-refractivity contribution in [2.24, 2.45) is 11.8 Å². The molecule has 3 rings (SSSR count). The molecule has 1 aromatic heterocycles. The molecule has 0 saturated carbocycles. The Morgan fingerprint density at radius 3 is 3.18 bits per heavy atom. The van der Waals surface area contributed by atoms with E-state index in [2.05, 4.69) is 22.2 Å². The number of likely N-dealkylation sites (tertiary alicyclic amines) is 1. The molecule has 0 aromatic carbocycles. The Morgan fingerprint density at radius 1 is 1.59 bits per heavy atom. The molecule has 2 aliphatic heterocycles. The van der Waals surface area contributed by atoms with Crippen LogP contribution in [0.4, 0.5) is 0 Å². The zero-order valence-electron chi connectivity index (χ0n) is 10.0. The third kappa shape index (κ3) is 1.65. The molecule has 0 radical (unpaired) electrons. The maximum Gasteiger partial charge on any atom is 0.272 e. The Bertz CT molecular complexity index is 403. The fourth-order valence-electron chi connectivity index (χ4n) is 3.31. The van der Waals surface area contributed by atoms with Crippen LogP contribution in [-0.4, -0.2) is 46.5 Å². The number of carbonyl (C=O) groups excluding carboxylic acids is 1. The SMILES string of the molecule is CCC1C2CNCC2CN1C(=O)c1cnc[nH]1. The smallest absolute Gasteiger partial charge is 0.272 e. The lowest BCUT2D eigenvalue weighted by Gasteiger charge is -2.26.